The molecule has 0 aliphatic heterocycles. The van der Waals surface area contributed by atoms with Gasteiger partial charge in [0.1, 0.15) is 0 Å². The average molecular weight is 223 g/mol. The van der Waals surface area contributed by atoms with E-state index in [1.807, 2.05) is 25.4 Å². The summed E-state index contributed by atoms with van der Waals surface area (Å²) in [4.78, 5) is 4.13. The van der Waals surface area contributed by atoms with Crippen LogP contribution in [0.4, 0.5) is 5.69 Å². The highest BCUT2D eigenvalue weighted by Gasteiger charge is 2.03. The molecule has 1 aromatic rings. The Morgan fingerprint density at radius 3 is 3.00 bits per heavy atom. The molecule has 4 heteroatoms. The highest BCUT2D eigenvalue weighted by Crippen LogP contribution is 2.13. The van der Waals surface area contributed by atoms with Gasteiger partial charge in [0, 0.05) is 26.4 Å². The summed E-state index contributed by atoms with van der Waals surface area (Å²) in [6.45, 7) is 6.76. The van der Waals surface area contributed by atoms with Gasteiger partial charge in [-0.15, -0.1) is 0 Å². The van der Waals surface area contributed by atoms with Gasteiger partial charge in [-0.05, 0) is 25.1 Å². The molecule has 1 rings (SSSR count). The maximum absolute atomic E-state index is 5.19. The van der Waals surface area contributed by atoms with Crippen molar-refractivity contribution >= 4 is 5.69 Å². The fourth-order valence-corrected chi connectivity index (χ4v) is 1.33. The third-order valence-electron chi connectivity index (χ3n) is 2.46. The van der Waals surface area contributed by atoms with Crippen LogP contribution in [0.1, 0.15) is 19.4 Å². The number of aromatic nitrogens is 1. The largest absolute Gasteiger partial charge is 0.381 e. The Morgan fingerprint density at radius 2 is 2.31 bits per heavy atom. The Kier molecular flexibility index (Phi) is 5.82. The number of ether oxygens (including phenoxy) is 1. The van der Waals surface area contributed by atoms with E-state index in [-0.39, 0.29) is 6.10 Å². The Balaban J connectivity index is 2.56. The monoisotopic (exact) mass is 223 g/mol. The molecule has 90 valence electrons. The maximum atomic E-state index is 5.19. The van der Waals surface area contributed by atoms with Crippen LogP contribution >= 0.6 is 0 Å². The Hall–Kier alpha value is -1.13. The lowest BCUT2D eigenvalue weighted by Gasteiger charge is -2.14. The zero-order valence-corrected chi connectivity index (χ0v) is 10.3. The van der Waals surface area contributed by atoms with Gasteiger partial charge in [0.05, 0.1) is 18.0 Å². The van der Waals surface area contributed by atoms with Crippen molar-refractivity contribution in [3.8, 4) is 0 Å². The second-order valence-corrected chi connectivity index (χ2v) is 3.74. The van der Waals surface area contributed by atoms with E-state index in [0.717, 1.165) is 25.3 Å². The minimum absolute atomic E-state index is 0.201. The zero-order chi connectivity index (χ0) is 11.8. The SMILES string of the molecule is CCNCc1ccncc1NCC(C)OC. The number of anilines is 1. The van der Waals surface area contributed by atoms with Gasteiger partial charge in [0.2, 0.25) is 0 Å². The van der Waals surface area contributed by atoms with E-state index in [1.54, 1.807) is 7.11 Å². The van der Waals surface area contributed by atoms with Gasteiger partial charge >= 0.3 is 0 Å². The van der Waals surface area contributed by atoms with E-state index >= 15 is 0 Å². The van der Waals surface area contributed by atoms with Gasteiger partial charge in [-0.2, -0.15) is 0 Å². The number of pyridine rings is 1. The smallest absolute Gasteiger partial charge is 0.0715 e. The minimum atomic E-state index is 0.201. The van der Waals surface area contributed by atoms with Crippen molar-refractivity contribution in [1.82, 2.24) is 10.3 Å². The molecule has 1 unspecified atom stereocenters. The molecule has 0 aliphatic carbocycles. The van der Waals surface area contributed by atoms with Crippen LogP contribution in [0.2, 0.25) is 0 Å². The predicted octanol–water partition coefficient (Wildman–Crippen LogP) is 1.64. The summed E-state index contributed by atoms with van der Waals surface area (Å²) in [7, 11) is 1.72. The van der Waals surface area contributed by atoms with Crippen LogP contribution < -0.4 is 10.6 Å². The first-order chi connectivity index (χ1) is 7.77. The standard InChI is InChI=1S/C12H21N3O/c1-4-13-8-11-5-6-14-9-12(11)15-7-10(2)16-3/h5-6,9-10,13,15H,4,7-8H2,1-3H3. The van der Waals surface area contributed by atoms with E-state index < -0.39 is 0 Å². The van der Waals surface area contributed by atoms with Gasteiger partial charge in [0.25, 0.3) is 0 Å². The highest BCUT2D eigenvalue weighted by molar-refractivity contribution is 5.48. The second kappa shape index (κ2) is 7.19. The molecule has 0 aliphatic rings. The van der Waals surface area contributed by atoms with Crippen molar-refractivity contribution in [3.05, 3.63) is 24.0 Å². The molecular formula is C12H21N3O. The Labute approximate surface area is 97.4 Å². The topological polar surface area (TPSA) is 46.2 Å². The van der Waals surface area contributed by atoms with Crippen molar-refractivity contribution in [2.45, 2.75) is 26.5 Å². The first-order valence-corrected chi connectivity index (χ1v) is 5.68. The summed E-state index contributed by atoms with van der Waals surface area (Å²) in [6.07, 6.45) is 3.87. The fraction of sp³-hybridized carbons (Fsp3) is 0.583. The molecule has 16 heavy (non-hydrogen) atoms. The van der Waals surface area contributed by atoms with E-state index in [9.17, 15) is 0 Å². The molecule has 1 heterocycles. The summed E-state index contributed by atoms with van der Waals surface area (Å²) < 4.78 is 5.19. The third-order valence-corrected chi connectivity index (χ3v) is 2.46. The van der Waals surface area contributed by atoms with Gasteiger partial charge in [-0.1, -0.05) is 6.92 Å². The summed E-state index contributed by atoms with van der Waals surface area (Å²) in [5, 5.41) is 6.65. The average Bonchev–Trinajstić information content (AvgIpc) is 2.34. The number of rotatable bonds is 7. The molecule has 0 saturated heterocycles. The third kappa shape index (κ3) is 4.16. The molecule has 0 radical (unpaired) electrons. The number of nitrogens with zero attached hydrogens (tertiary/aromatic N) is 1. The molecule has 4 nitrogen and oxygen atoms in total. The van der Waals surface area contributed by atoms with Crippen LogP contribution in [0.15, 0.2) is 18.5 Å². The first-order valence-electron chi connectivity index (χ1n) is 5.68. The zero-order valence-electron chi connectivity index (χ0n) is 10.3. The molecular weight excluding hydrogens is 202 g/mol. The molecule has 1 atom stereocenters. The van der Waals surface area contributed by atoms with E-state index in [0.29, 0.717) is 0 Å². The lowest BCUT2D eigenvalue weighted by molar-refractivity contribution is 0.129. The maximum Gasteiger partial charge on any atom is 0.0715 e. The number of hydrogen-bond donors (Lipinski definition) is 2. The van der Waals surface area contributed by atoms with E-state index in [2.05, 4.69) is 22.5 Å². The number of hydrogen-bond acceptors (Lipinski definition) is 4. The summed E-state index contributed by atoms with van der Waals surface area (Å²) in [5.41, 5.74) is 2.31. The van der Waals surface area contributed by atoms with Crippen LogP contribution in [0, 0.1) is 0 Å². The highest BCUT2D eigenvalue weighted by atomic mass is 16.5. The van der Waals surface area contributed by atoms with Gasteiger partial charge in [-0.3, -0.25) is 4.98 Å². The van der Waals surface area contributed by atoms with Crippen molar-refractivity contribution in [1.29, 1.82) is 0 Å². The molecule has 0 saturated carbocycles. The Morgan fingerprint density at radius 1 is 1.50 bits per heavy atom. The fourth-order valence-electron chi connectivity index (χ4n) is 1.33. The molecule has 0 fully saturated rings. The quantitative estimate of drug-likeness (QED) is 0.737. The Bertz CT molecular complexity index is 304. The molecule has 0 spiro atoms. The molecule has 0 bridgehead atoms. The van der Waals surface area contributed by atoms with Crippen molar-refractivity contribution in [2.75, 3.05) is 25.5 Å². The van der Waals surface area contributed by atoms with E-state index in [4.69, 9.17) is 4.74 Å². The van der Waals surface area contributed by atoms with Crippen LogP contribution in [0.25, 0.3) is 0 Å². The van der Waals surface area contributed by atoms with Crippen molar-refractivity contribution < 1.29 is 4.74 Å². The minimum Gasteiger partial charge on any atom is -0.381 e. The van der Waals surface area contributed by atoms with Crippen molar-refractivity contribution in [3.63, 3.8) is 0 Å². The van der Waals surface area contributed by atoms with Gasteiger partial charge < -0.3 is 15.4 Å². The second-order valence-electron chi connectivity index (χ2n) is 3.74. The first kappa shape index (κ1) is 12.9. The normalized spacial score (nSPS) is 12.4. The van der Waals surface area contributed by atoms with Crippen LogP contribution in [0.5, 0.6) is 0 Å². The summed E-state index contributed by atoms with van der Waals surface area (Å²) >= 11 is 0. The van der Waals surface area contributed by atoms with Gasteiger partial charge in [-0.25, -0.2) is 0 Å². The number of nitrogens with one attached hydrogen (secondary N) is 2. The van der Waals surface area contributed by atoms with Crippen LogP contribution in [-0.4, -0.2) is 31.3 Å². The molecule has 1 aromatic heterocycles. The van der Waals surface area contributed by atoms with Crippen LogP contribution in [0.3, 0.4) is 0 Å². The lowest BCUT2D eigenvalue weighted by Crippen LogP contribution is -2.20. The summed E-state index contributed by atoms with van der Waals surface area (Å²) in [5.74, 6) is 0. The molecule has 0 aromatic carbocycles. The molecule has 2 N–H and O–H groups in total. The lowest BCUT2D eigenvalue weighted by atomic mass is 10.2. The summed E-state index contributed by atoms with van der Waals surface area (Å²) in [6, 6.07) is 2.03. The molecule has 0 amide bonds. The van der Waals surface area contributed by atoms with E-state index in [1.165, 1.54) is 5.56 Å². The van der Waals surface area contributed by atoms with Gasteiger partial charge in [0.15, 0.2) is 0 Å². The van der Waals surface area contributed by atoms with Crippen molar-refractivity contribution in [2.24, 2.45) is 0 Å². The predicted molar refractivity (Wildman–Crippen MR) is 66.6 cm³/mol. The van der Waals surface area contributed by atoms with Crippen LogP contribution in [-0.2, 0) is 11.3 Å². The number of methoxy groups -OCH3 is 1.